The van der Waals surface area contributed by atoms with Crippen molar-refractivity contribution in [1.29, 1.82) is 5.26 Å². The Bertz CT molecular complexity index is 1280. The predicted molar refractivity (Wildman–Crippen MR) is 120 cm³/mol. The third-order valence-corrected chi connectivity index (χ3v) is 5.91. The minimum absolute atomic E-state index is 0.551. The number of benzene rings is 1. The van der Waals surface area contributed by atoms with Crippen LogP contribution in [0.1, 0.15) is 18.5 Å². The number of hydrogen-bond acceptors (Lipinski definition) is 7. The summed E-state index contributed by atoms with van der Waals surface area (Å²) in [5, 5.41) is 14.2. The molecule has 0 bridgehead atoms. The Labute approximate surface area is 186 Å². The highest BCUT2D eigenvalue weighted by Gasteiger charge is 2.37. The van der Waals surface area contributed by atoms with E-state index in [4.69, 9.17) is 9.51 Å². The van der Waals surface area contributed by atoms with Crippen LogP contribution in [0.5, 0.6) is 0 Å². The van der Waals surface area contributed by atoms with Crippen LogP contribution in [-0.2, 0) is 5.41 Å². The number of nitrogens with zero attached hydrogens (tertiary/aromatic N) is 6. The fourth-order valence-corrected chi connectivity index (χ4v) is 4.24. The molecule has 0 spiro atoms. The SMILES string of the molecule is CN1CCCC(C#N)(c2cc(-c3cncc(-c4cc(-c5ccccc5)no4)n3)ccn2)C1. The second-order valence-electron chi connectivity index (χ2n) is 8.20. The Balaban J connectivity index is 1.48. The highest BCUT2D eigenvalue weighted by Crippen LogP contribution is 2.34. The van der Waals surface area contributed by atoms with Crippen molar-refractivity contribution in [1.82, 2.24) is 25.0 Å². The van der Waals surface area contributed by atoms with Gasteiger partial charge in [-0.3, -0.25) is 9.97 Å². The summed E-state index contributed by atoms with van der Waals surface area (Å²) in [4.78, 5) is 15.9. The molecule has 158 valence electrons. The Kier molecular flexibility index (Phi) is 5.21. The number of likely N-dealkylation sites (N-methyl/N-ethyl adjacent to an activating group) is 1. The zero-order valence-corrected chi connectivity index (χ0v) is 17.8. The molecule has 0 N–H and O–H groups in total. The average Bonchev–Trinajstić information content (AvgIpc) is 3.35. The van der Waals surface area contributed by atoms with Crippen molar-refractivity contribution in [2.45, 2.75) is 18.3 Å². The van der Waals surface area contributed by atoms with Crippen LogP contribution < -0.4 is 0 Å². The first kappa shape index (κ1) is 20.0. The summed E-state index contributed by atoms with van der Waals surface area (Å²) >= 11 is 0. The molecule has 1 aliphatic rings. The molecule has 4 aromatic rings. The maximum Gasteiger partial charge on any atom is 0.187 e. The fraction of sp³-hybridized carbons (Fsp3) is 0.240. The summed E-state index contributed by atoms with van der Waals surface area (Å²) in [5.74, 6) is 0.551. The number of pyridine rings is 1. The minimum atomic E-state index is -0.608. The van der Waals surface area contributed by atoms with E-state index in [0.717, 1.165) is 41.9 Å². The van der Waals surface area contributed by atoms with E-state index in [0.29, 0.717) is 23.7 Å². The van der Waals surface area contributed by atoms with Crippen LogP contribution in [0.4, 0.5) is 0 Å². The van der Waals surface area contributed by atoms with Crippen LogP contribution in [0.25, 0.3) is 34.0 Å². The molecule has 0 amide bonds. The molecule has 1 aliphatic heterocycles. The molecule has 0 radical (unpaired) electrons. The lowest BCUT2D eigenvalue weighted by molar-refractivity contribution is 0.209. The quantitative estimate of drug-likeness (QED) is 0.483. The topological polar surface area (TPSA) is 91.7 Å². The summed E-state index contributed by atoms with van der Waals surface area (Å²) in [6.45, 7) is 1.67. The molecular formula is C25H22N6O. The number of rotatable bonds is 4. The molecule has 7 heteroatoms. The summed E-state index contributed by atoms with van der Waals surface area (Å²) in [6, 6.07) is 18.1. The first-order valence-electron chi connectivity index (χ1n) is 10.6. The molecule has 4 heterocycles. The smallest absolute Gasteiger partial charge is 0.187 e. The highest BCUT2D eigenvalue weighted by atomic mass is 16.5. The molecule has 3 aromatic heterocycles. The summed E-state index contributed by atoms with van der Waals surface area (Å²) in [7, 11) is 2.05. The lowest BCUT2D eigenvalue weighted by Gasteiger charge is -2.36. The molecule has 0 saturated carbocycles. The van der Waals surface area contributed by atoms with E-state index in [1.165, 1.54) is 0 Å². The van der Waals surface area contributed by atoms with Gasteiger partial charge in [0.25, 0.3) is 0 Å². The molecule has 1 atom stereocenters. The Morgan fingerprint density at radius 3 is 2.69 bits per heavy atom. The van der Waals surface area contributed by atoms with Gasteiger partial charge in [0.15, 0.2) is 5.76 Å². The maximum absolute atomic E-state index is 10.00. The molecular weight excluding hydrogens is 400 g/mol. The van der Waals surface area contributed by atoms with Crippen molar-refractivity contribution in [3.05, 3.63) is 72.8 Å². The summed E-state index contributed by atoms with van der Waals surface area (Å²) < 4.78 is 5.55. The van der Waals surface area contributed by atoms with E-state index in [9.17, 15) is 5.26 Å². The van der Waals surface area contributed by atoms with E-state index in [1.54, 1.807) is 18.6 Å². The van der Waals surface area contributed by atoms with Crippen molar-refractivity contribution in [2.24, 2.45) is 0 Å². The lowest BCUT2D eigenvalue weighted by Crippen LogP contribution is -2.43. The molecule has 1 fully saturated rings. The van der Waals surface area contributed by atoms with Gasteiger partial charge in [0.1, 0.15) is 16.8 Å². The Morgan fingerprint density at radius 1 is 1.03 bits per heavy atom. The molecule has 0 aliphatic carbocycles. The molecule has 32 heavy (non-hydrogen) atoms. The zero-order valence-electron chi connectivity index (χ0n) is 17.8. The second-order valence-corrected chi connectivity index (χ2v) is 8.20. The number of hydrogen-bond donors (Lipinski definition) is 0. The van der Waals surface area contributed by atoms with E-state index in [1.807, 2.05) is 55.6 Å². The van der Waals surface area contributed by atoms with Crippen molar-refractivity contribution in [3.8, 4) is 40.0 Å². The summed E-state index contributed by atoms with van der Waals surface area (Å²) in [6.07, 6.45) is 6.89. The monoisotopic (exact) mass is 422 g/mol. The van der Waals surface area contributed by atoms with Gasteiger partial charge in [-0.25, -0.2) is 4.98 Å². The first-order valence-corrected chi connectivity index (χ1v) is 10.6. The van der Waals surface area contributed by atoms with E-state index >= 15 is 0 Å². The minimum Gasteiger partial charge on any atom is -0.354 e. The van der Waals surface area contributed by atoms with Gasteiger partial charge in [0.2, 0.25) is 0 Å². The van der Waals surface area contributed by atoms with Crippen LogP contribution in [-0.4, -0.2) is 45.1 Å². The normalized spacial score (nSPS) is 18.9. The fourth-order valence-electron chi connectivity index (χ4n) is 4.24. The first-order chi connectivity index (χ1) is 15.7. The Morgan fingerprint density at radius 2 is 1.88 bits per heavy atom. The van der Waals surface area contributed by atoms with Gasteiger partial charge in [0, 0.05) is 29.9 Å². The van der Waals surface area contributed by atoms with Gasteiger partial charge in [0.05, 0.1) is 29.9 Å². The van der Waals surface area contributed by atoms with Crippen LogP contribution in [0.2, 0.25) is 0 Å². The van der Waals surface area contributed by atoms with Crippen LogP contribution in [0.15, 0.2) is 71.6 Å². The maximum atomic E-state index is 10.00. The van der Waals surface area contributed by atoms with Crippen molar-refractivity contribution >= 4 is 0 Å². The standard InChI is InChI=1S/C25H22N6O/c1-31-11-5-9-25(16-26,17-31)24-12-19(8-10-28-24)21-14-27-15-22(29-21)23-13-20(30-32-23)18-6-3-2-4-7-18/h2-4,6-8,10,12-15H,5,9,11,17H2,1H3. The largest absolute Gasteiger partial charge is 0.354 e. The number of likely N-dealkylation sites (tertiary alicyclic amines) is 1. The third kappa shape index (κ3) is 3.77. The van der Waals surface area contributed by atoms with Crippen molar-refractivity contribution < 1.29 is 4.52 Å². The summed E-state index contributed by atoms with van der Waals surface area (Å²) in [5.41, 5.74) is 4.06. The average molecular weight is 422 g/mol. The molecule has 7 nitrogen and oxygen atoms in total. The van der Waals surface area contributed by atoms with Crippen LogP contribution in [0, 0.1) is 11.3 Å². The van der Waals surface area contributed by atoms with Crippen LogP contribution in [0.3, 0.4) is 0 Å². The predicted octanol–water partition coefficient (Wildman–Crippen LogP) is 4.35. The Hall–Kier alpha value is -3.89. The number of piperidine rings is 1. The zero-order chi connectivity index (χ0) is 22.0. The van der Waals surface area contributed by atoms with Crippen molar-refractivity contribution in [3.63, 3.8) is 0 Å². The van der Waals surface area contributed by atoms with Gasteiger partial charge in [-0.05, 0) is 38.6 Å². The second kappa shape index (κ2) is 8.33. The molecule has 1 unspecified atom stereocenters. The van der Waals surface area contributed by atoms with Crippen molar-refractivity contribution in [2.75, 3.05) is 20.1 Å². The van der Waals surface area contributed by atoms with Gasteiger partial charge in [-0.2, -0.15) is 5.26 Å². The molecule has 5 rings (SSSR count). The third-order valence-electron chi connectivity index (χ3n) is 5.91. The molecule has 1 aromatic carbocycles. The van der Waals surface area contributed by atoms with E-state index in [2.05, 4.69) is 26.1 Å². The lowest BCUT2D eigenvalue weighted by atomic mass is 9.78. The van der Waals surface area contributed by atoms with E-state index in [-0.39, 0.29) is 0 Å². The van der Waals surface area contributed by atoms with Gasteiger partial charge in [-0.1, -0.05) is 35.5 Å². The van der Waals surface area contributed by atoms with Gasteiger partial charge >= 0.3 is 0 Å². The highest BCUT2D eigenvalue weighted by molar-refractivity contribution is 5.67. The number of nitriles is 1. The van der Waals surface area contributed by atoms with Gasteiger partial charge < -0.3 is 9.42 Å². The molecule has 1 saturated heterocycles. The van der Waals surface area contributed by atoms with Gasteiger partial charge in [-0.15, -0.1) is 0 Å². The van der Waals surface area contributed by atoms with E-state index < -0.39 is 5.41 Å². The van der Waals surface area contributed by atoms with Crippen LogP contribution >= 0.6 is 0 Å². The number of aromatic nitrogens is 4.